The summed E-state index contributed by atoms with van der Waals surface area (Å²) in [6.07, 6.45) is -1.03. The molecule has 0 saturated carbocycles. The predicted molar refractivity (Wildman–Crippen MR) is 73.5 cm³/mol. The van der Waals surface area contributed by atoms with Gasteiger partial charge in [0.25, 0.3) is 0 Å². The predicted octanol–water partition coefficient (Wildman–Crippen LogP) is 1.59. The number of nitrogens with zero attached hydrogens (tertiary/aromatic N) is 1. The Morgan fingerprint density at radius 2 is 1.85 bits per heavy atom. The molecule has 2 unspecified atom stereocenters. The minimum atomic E-state index is -1.05. The number of rotatable bonds is 2. The third-order valence-electron chi connectivity index (χ3n) is 3.93. The third-order valence-corrected chi connectivity index (χ3v) is 3.93. The van der Waals surface area contributed by atoms with Crippen molar-refractivity contribution in [3.8, 4) is 0 Å². The molecule has 1 aromatic rings. The van der Waals surface area contributed by atoms with E-state index in [1.54, 1.807) is 7.05 Å². The number of hydrogen-bond donors (Lipinski definition) is 1. The second kappa shape index (κ2) is 5.25. The van der Waals surface area contributed by atoms with Gasteiger partial charge in [0.1, 0.15) is 6.61 Å². The zero-order valence-corrected chi connectivity index (χ0v) is 12.1. The van der Waals surface area contributed by atoms with Crippen LogP contribution in [0, 0.1) is 20.8 Å². The van der Waals surface area contributed by atoms with Crippen molar-refractivity contribution < 1.29 is 19.4 Å². The maximum absolute atomic E-state index is 11.8. The summed E-state index contributed by atoms with van der Waals surface area (Å²) in [5.74, 6) is -1.25. The van der Waals surface area contributed by atoms with Gasteiger partial charge in [0.2, 0.25) is 5.91 Å². The Labute approximate surface area is 118 Å². The number of carboxylic acid groups (broad SMARTS) is 1. The van der Waals surface area contributed by atoms with Gasteiger partial charge in [0, 0.05) is 7.05 Å². The molecule has 1 fully saturated rings. The van der Waals surface area contributed by atoms with Gasteiger partial charge < -0.3 is 14.7 Å². The van der Waals surface area contributed by atoms with E-state index < -0.39 is 18.1 Å². The van der Waals surface area contributed by atoms with Gasteiger partial charge in [-0.2, -0.15) is 0 Å². The first-order valence-electron chi connectivity index (χ1n) is 6.50. The van der Waals surface area contributed by atoms with Crippen LogP contribution in [0.25, 0.3) is 0 Å². The summed E-state index contributed by atoms with van der Waals surface area (Å²) in [6, 6.07) is 3.37. The van der Waals surface area contributed by atoms with E-state index in [1.807, 2.05) is 32.9 Å². The standard InChI is InChI=1S/C15H19NO4/c1-8-5-10(3)11(6-9(8)2)13-14(15(18)19)20-7-12(17)16(13)4/h5-6,13-14H,7H2,1-4H3,(H,18,19). The fraction of sp³-hybridized carbons (Fsp3) is 0.467. The van der Waals surface area contributed by atoms with Gasteiger partial charge in [0.15, 0.2) is 6.10 Å². The first-order chi connectivity index (χ1) is 9.32. The van der Waals surface area contributed by atoms with Gasteiger partial charge in [-0.25, -0.2) is 4.79 Å². The Kier molecular flexibility index (Phi) is 3.81. The molecule has 0 aliphatic carbocycles. The summed E-state index contributed by atoms with van der Waals surface area (Å²) in [5.41, 5.74) is 4.01. The Hall–Kier alpha value is -1.88. The second-order valence-electron chi connectivity index (χ2n) is 5.31. The zero-order valence-electron chi connectivity index (χ0n) is 12.1. The van der Waals surface area contributed by atoms with Gasteiger partial charge in [-0.15, -0.1) is 0 Å². The normalized spacial score (nSPS) is 23.0. The molecule has 5 heteroatoms. The van der Waals surface area contributed by atoms with Gasteiger partial charge in [-0.05, 0) is 43.0 Å². The number of aryl methyl sites for hydroxylation is 3. The second-order valence-corrected chi connectivity index (χ2v) is 5.31. The molecule has 5 nitrogen and oxygen atoms in total. The van der Waals surface area contributed by atoms with E-state index in [0.717, 1.165) is 22.3 Å². The largest absolute Gasteiger partial charge is 0.479 e. The number of likely N-dealkylation sites (N-methyl/N-ethyl adjacent to an activating group) is 1. The Morgan fingerprint density at radius 1 is 1.25 bits per heavy atom. The average Bonchev–Trinajstić information content (AvgIpc) is 2.37. The van der Waals surface area contributed by atoms with Crippen molar-refractivity contribution in [2.45, 2.75) is 32.9 Å². The van der Waals surface area contributed by atoms with Crippen LogP contribution in [0.15, 0.2) is 12.1 Å². The Morgan fingerprint density at radius 3 is 2.45 bits per heavy atom. The van der Waals surface area contributed by atoms with Crippen molar-refractivity contribution in [2.24, 2.45) is 0 Å². The zero-order chi connectivity index (χ0) is 15.0. The lowest BCUT2D eigenvalue weighted by Gasteiger charge is -2.38. The van der Waals surface area contributed by atoms with E-state index in [2.05, 4.69) is 0 Å². The Balaban J connectivity index is 2.53. The van der Waals surface area contributed by atoms with Crippen LogP contribution in [-0.4, -0.2) is 41.6 Å². The molecule has 1 heterocycles. The van der Waals surface area contributed by atoms with Gasteiger partial charge in [0.05, 0.1) is 6.04 Å². The van der Waals surface area contributed by atoms with E-state index in [1.165, 1.54) is 4.90 Å². The summed E-state index contributed by atoms with van der Waals surface area (Å²) in [4.78, 5) is 24.7. The molecule has 0 radical (unpaired) electrons. The highest BCUT2D eigenvalue weighted by Gasteiger charge is 2.40. The molecule has 1 N–H and O–H groups in total. The van der Waals surface area contributed by atoms with Gasteiger partial charge in [-0.3, -0.25) is 4.79 Å². The molecule has 0 aromatic heterocycles. The average molecular weight is 277 g/mol. The van der Waals surface area contributed by atoms with Crippen molar-refractivity contribution in [3.05, 3.63) is 34.4 Å². The number of ether oxygens (including phenoxy) is 1. The summed E-state index contributed by atoms with van der Waals surface area (Å²) >= 11 is 0. The van der Waals surface area contributed by atoms with Crippen LogP contribution >= 0.6 is 0 Å². The number of carbonyl (C=O) groups excluding carboxylic acids is 1. The summed E-state index contributed by atoms with van der Waals surface area (Å²) < 4.78 is 5.22. The fourth-order valence-electron chi connectivity index (χ4n) is 2.59. The van der Waals surface area contributed by atoms with E-state index in [-0.39, 0.29) is 12.5 Å². The molecular formula is C15H19NO4. The highest BCUT2D eigenvalue weighted by Crippen LogP contribution is 2.32. The lowest BCUT2D eigenvalue weighted by molar-refractivity contribution is -0.171. The molecule has 0 bridgehead atoms. The van der Waals surface area contributed by atoms with E-state index in [4.69, 9.17) is 4.74 Å². The summed E-state index contributed by atoms with van der Waals surface area (Å²) in [7, 11) is 1.63. The molecule has 20 heavy (non-hydrogen) atoms. The fourth-order valence-corrected chi connectivity index (χ4v) is 2.59. The van der Waals surface area contributed by atoms with Crippen LogP contribution in [0.5, 0.6) is 0 Å². The minimum absolute atomic E-state index is 0.187. The summed E-state index contributed by atoms with van der Waals surface area (Å²) in [5, 5.41) is 9.33. The first-order valence-corrected chi connectivity index (χ1v) is 6.50. The monoisotopic (exact) mass is 277 g/mol. The number of carboxylic acids is 1. The number of amides is 1. The highest BCUT2D eigenvalue weighted by atomic mass is 16.5. The number of morpholine rings is 1. The van der Waals surface area contributed by atoms with Crippen LogP contribution in [0.4, 0.5) is 0 Å². The SMILES string of the molecule is Cc1cc(C)c(C2C(C(=O)O)OCC(=O)N2C)cc1C. The molecular weight excluding hydrogens is 258 g/mol. The molecule has 2 atom stereocenters. The lowest BCUT2D eigenvalue weighted by atomic mass is 9.91. The van der Waals surface area contributed by atoms with Gasteiger partial charge >= 0.3 is 5.97 Å². The molecule has 1 saturated heterocycles. The summed E-state index contributed by atoms with van der Waals surface area (Å²) in [6.45, 7) is 5.72. The molecule has 1 amide bonds. The maximum atomic E-state index is 11.8. The highest BCUT2D eigenvalue weighted by molar-refractivity contribution is 5.82. The van der Waals surface area contributed by atoms with Crippen LogP contribution in [0.3, 0.4) is 0 Å². The van der Waals surface area contributed by atoms with E-state index >= 15 is 0 Å². The van der Waals surface area contributed by atoms with E-state index in [0.29, 0.717) is 0 Å². The number of hydrogen-bond acceptors (Lipinski definition) is 3. The molecule has 2 rings (SSSR count). The Bertz CT molecular complexity index is 567. The van der Waals surface area contributed by atoms with Crippen LogP contribution < -0.4 is 0 Å². The van der Waals surface area contributed by atoms with Crippen molar-refractivity contribution in [1.29, 1.82) is 0 Å². The molecule has 1 aliphatic heterocycles. The topological polar surface area (TPSA) is 66.8 Å². The molecule has 1 aromatic carbocycles. The third kappa shape index (κ3) is 2.41. The van der Waals surface area contributed by atoms with Crippen LogP contribution in [0.1, 0.15) is 28.3 Å². The lowest BCUT2D eigenvalue weighted by Crippen LogP contribution is -2.50. The molecule has 0 spiro atoms. The van der Waals surface area contributed by atoms with Crippen molar-refractivity contribution >= 4 is 11.9 Å². The molecule has 108 valence electrons. The quantitative estimate of drug-likeness (QED) is 0.891. The van der Waals surface area contributed by atoms with Crippen LogP contribution in [-0.2, 0) is 14.3 Å². The van der Waals surface area contributed by atoms with E-state index in [9.17, 15) is 14.7 Å². The number of benzene rings is 1. The first kappa shape index (κ1) is 14.5. The molecule has 1 aliphatic rings. The maximum Gasteiger partial charge on any atom is 0.335 e. The number of carbonyl (C=O) groups is 2. The van der Waals surface area contributed by atoms with Crippen molar-refractivity contribution in [1.82, 2.24) is 4.90 Å². The van der Waals surface area contributed by atoms with Crippen molar-refractivity contribution in [3.63, 3.8) is 0 Å². The van der Waals surface area contributed by atoms with Crippen LogP contribution in [0.2, 0.25) is 0 Å². The number of aliphatic carboxylic acids is 1. The smallest absolute Gasteiger partial charge is 0.335 e. The van der Waals surface area contributed by atoms with Crippen molar-refractivity contribution in [2.75, 3.05) is 13.7 Å². The van der Waals surface area contributed by atoms with Gasteiger partial charge in [-0.1, -0.05) is 12.1 Å². The minimum Gasteiger partial charge on any atom is -0.479 e.